The quantitative estimate of drug-likeness (QED) is 0.778. The molecule has 0 radical (unpaired) electrons. The normalized spacial score (nSPS) is 8.59. The molecule has 0 fully saturated rings. The van der Waals surface area contributed by atoms with Crippen LogP contribution in [0.4, 0.5) is 4.39 Å². The minimum Gasteiger partial charge on any atom is -0.412 e. The number of hydrogen-bond acceptors (Lipinski definition) is 3. The zero-order valence-corrected chi connectivity index (χ0v) is 13.5. The molecule has 122 valence electrons. The van der Waals surface area contributed by atoms with Crippen molar-refractivity contribution in [2.75, 3.05) is 0 Å². The molecule has 0 saturated carbocycles. The molecule has 0 heterocycles. The maximum Gasteiger partial charge on any atom is 0.294 e. The molecule has 0 aliphatic rings. The molecular weight excluding hydrogens is 356 g/mol. The van der Waals surface area contributed by atoms with Gasteiger partial charge in [0.05, 0.1) is 16.5 Å². The molecule has 9 heteroatoms. The Morgan fingerprint density at radius 1 is 1.00 bits per heavy atom. The third-order valence-electron chi connectivity index (χ3n) is 2.00. The second kappa shape index (κ2) is 11.9. The fraction of sp³-hybridized carbons (Fsp3) is 0. The van der Waals surface area contributed by atoms with E-state index < -0.39 is 20.8 Å². The Hall–Kier alpha value is -1.69. The molecule has 5 nitrogen and oxygen atoms in total. The van der Waals surface area contributed by atoms with E-state index in [0.29, 0.717) is 5.56 Å². The van der Waals surface area contributed by atoms with Crippen LogP contribution in [0, 0.1) is 17.1 Å². The van der Waals surface area contributed by atoms with Crippen molar-refractivity contribution >= 4 is 34.9 Å². The molecule has 2 aromatic carbocycles. The highest BCUT2D eigenvalue weighted by molar-refractivity contribution is 7.85. The Balaban J connectivity index is -0.000000299. The van der Waals surface area contributed by atoms with Crippen LogP contribution in [0.5, 0.6) is 0 Å². The summed E-state index contributed by atoms with van der Waals surface area (Å²) in [4.78, 5) is -0.433. The zero-order valence-electron chi connectivity index (χ0n) is 11.0. The molecule has 0 aromatic heterocycles. The standard InChI is InChI=1S/C7H5N.C6H5FO3S.2ClH.H2O/c8-6-7-4-2-1-3-5-7;7-5-2-1-3-6(4-5)11(8,9)10;;;/h1-5H;1-4H,(H,8,9,10);2*1H;1H2. The number of nitrogens with zero attached hydrogens (tertiary/aromatic N) is 1. The summed E-state index contributed by atoms with van der Waals surface area (Å²) in [6, 6.07) is 15.3. The number of benzene rings is 2. The molecule has 0 aliphatic carbocycles. The Morgan fingerprint density at radius 2 is 1.55 bits per heavy atom. The van der Waals surface area contributed by atoms with Crippen LogP contribution < -0.4 is 0 Å². The fourth-order valence-electron chi connectivity index (χ4n) is 1.14. The minimum absolute atomic E-state index is 0. The Bertz CT molecular complexity index is 691. The van der Waals surface area contributed by atoms with Crippen molar-refractivity contribution < 1.29 is 22.8 Å². The molecule has 3 N–H and O–H groups in total. The molecule has 0 aliphatic heterocycles. The predicted molar refractivity (Wildman–Crippen MR) is 85.5 cm³/mol. The van der Waals surface area contributed by atoms with Gasteiger partial charge in [0.15, 0.2) is 0 Å². The van der Waals surface area contributed by atoms with Crippen molar-refractivity contribution in [3.05, 3.63) is 66.0 Å². The van der Waals surface area contributed by atoms with E-state index in [1.165, 1.54) is 6.07 Å². The van der Waals surface area contributed by atoms with E-state index in [-0.39, 0.29) is 30.3 Å². The van der Waals surface area contributed by atoms with Gasteiger partial charge in [-0.3, -0.25) is 4.55 Å². The predicted octanol–water partition coefficient (Wildman–Crippen LogP) is 2.65. The molecule has 0 spiro atoms. The summed E-state index contributed by atoms with van der Waals surface area (Å²) in [5.74, 6) is -0.694. The Kier molecular flexibility index (Phi) is 13.7. The van der Waals surface area contributed by atoms with Gasteiger partial charge in [-0.15, -0.1) is 24.8 Å². The van der Waals surface area contributed by atoms with Crippen LogP contribution in [0.25, 0.3) is 0 Å². The first-order valence-electron chi connectivity index (χ1n) is 5.11. The van der Waals surface area contributed by atoms with Gasteiger partial charge in [0.2, 0.25) is 0 Å². The van der Waals surface area contributed by atoms with Gasteiger partial charge in [-0.1, -0.05) is 24.3 Å². The highest BCUT2D eigenvalue weighted by Gasteiger charge is 2.08. The van der Waals surface area contributed by atoms with Crippen LogP contribution in [-0.4, -0.2) is 18.4 Å². The minimum atomic E-state index is -4.27. The Labute approximate surface area is 140 Å². The van der Waals surface area contributed by atoms with Gasteiger partial charge in [-0.05, 0) is 30.3 Å². The molecule has 2 rings (SSSR count). The summed E-state index contributed by atoms with van der Waals surface area (Å²) < 4.78 is 41.5. The van der Waals surface area contributed by atoms with Crippen molar-refractivity contribution in [2.45, 2.75) is 4.90 Å². The van der Waals surface area contributed by atoms with Gasteiger partial charge in [0.1, 0.15) is 5.82 Å². The first-order valence-corrected chi connectivity index (χ1v) is 6.55. The molecule has 0 saturated heterocycles. The lowest BCUT2D eigenvalue weighted by Gasteiger charge is -1.94. The summed E-state index contributed by atoms with van der Waals surface area (Å²) >= 11 is 0. The maximum absolute atomic E-state index is 12.3. The van der Waals surface area contributed by atoms with Gasteiger partial charge in [0, 0.05) is 0 Å². The number of rotatable bonds is 1. The zero-order chi connectivity index (χ0) is 14.3. The number of nitriles is 1. The fourth-order valence-corrected chi connectivity index (χ4v) is 1.65. The summed E-state index contributed by atoms with van der Waals surface area (Å²) in [5.41, 5.74) is 0.715. The van der Waals surface area contributed by atoms with Crippen LogP contribution in [0.2, 0.25) is 0 Å². The van der Waals surface area contributed by atoms with Gasteiger partial charge >= 0.3 is 0 Å². The van der Waals surface area contributed by atoms with E-state index >= 15 is 0 Å². The first kappa shape index (κ1) is 25.3. The average Bonchev–Trinajstić information content (AvgIpc) is 2.39. The number of halogens is 3. The van der Waals surface area contributed by atoms with E-state index in [2.05, 4.69) is 0 Å². The molecular formula is C13H14Cl2FNO4S. The summed E-state index contributed by atoms with van der Waals surface area (Å²) in [5, 5.41) is 8.29. The van der Waals surface area contributed by atoms with Crippen molar-refractivity contribution in [2.24, 2.45) is 0 Å². The van der Waals surface area contributed by atoms with Gasteiger partial charge in [0.25, 0.3) is 10.1 Å². The Morgan fingerprint density at radius 3 is 1.86 bits per heavy atom. The lowest BCUT2D eigenvalue weighted by atomic mass is 10.2. The van der Waals surface area contributed by atoms with Crippen LogP contribution in [-0.2, 0) is 10.1 Å². The SMILES string of the molecule is Cl.Cl.N#Cc1ccccc1.O.O=S(=O)(O)c1cccc(F)c1. The van der Waals surface area contributed by atoms with Crippen molar-refractivity contribution in [3.8, 4) is 6.07 Å². The van der Waals surface area contributed by atoms with Gasteiger partial charge < -0.3 is 5.48 Å². The van der Waals surface area contributed by atoms with Crippen LogP contribution in [0.1, 0.15) is 5.56 Å². The number of hydrogen-bond donors (Lipinski definition) is 1. The lowest BCUT2D eigenvalue weighted by molar-refractivity contribution is 0.482. The average molecular weight is 370 g/mol. The van der Waals surface area contributed by atoms with Crippen LogP contribution in [0.15, 0.2) is 59.5 Å². The van der Waals surface area contributed by atoms with E-state index in [4.69, 9.17) is 9.81 Å². The van der Waals surface area contributed by atoms with Crippen molar-refractivity contribution in [1.82, 2.24) is 0 Å². The van der Waals surface area contributed by atoms with Gasteiger partial charge in [-0.25, -0.2) is 4.39 Å². The van der Waals surface area contributed by atoms with E-state index in [1.807, 2.05) is 24.3 Å². The molecule has 22 heavy (non-hydrogen) atoms. The lowest BCUT2D eigenvalue weighted by Crippen LogP contribution is -1.97. The first-order chi connectivity index (χ1) is 8.93. The smallest absolute Gasteiger partial charge is 0.294 e. The summed E-state index contributed by atoms with van der Waals surface area (Å²) in [7, 11) is -4.27. The second-order valence-electron chi connectivity index (χ2n) is 3.41. The third kappa shape index (κ3) is 9.28. The van der Waals surface area contributed by atoms with E-state index in [1.54, 1.807) is 12.1 Å². The van der Waals surface area contributed by atoms with E-state index in [0.717, 1.165) is 18.2 Å². The largest absolute Gasteiger partial charge is 0.412 e. The molecule has 0 atom stereocenters. The highest BCUT2D eigenvalue weighted by atomic mass is 35.5. The highest BCUT2D eigenvalue weighted by Crippen LogP contribution is 2.08. The van der Waals surface area contributed by atoms with Gasteiger partial charge in [-0.2, -0.15) is 13.7 Å². The van der Waals surface area contributed by atoms with E-state index in [9.17, 15) is 12.8 Å². The topological polar surface area (TPSA) is 110 Å². The third-order valence-corrected chi connectivity index (χ3v) is 2.85. The summed E-state index contributed by atoms with van der Waals surface area (Å²) in [6.07, 6.45) is 0. The molecule has 0 bridgehead atoms. The molecule has 0 unspecified atom stereocenters. The van der Waals surface area contributed by atoms with Crippen LogP contribution in [0.3, 0.4) is 0 Å². The molecule has 0 amide bonds. The second-order valence-corrected chi connectivity index (χ2v) is 4.83. The monoisotopic (exact) mass is 369 g/mol. The summed E-state index contributed by atoms with van der Waals surface area (Å²) in [6.45, 7) is 0. The van der Waals surface area contributed by atoms with Crippen molar-refractivity contribution in [1.29, 1.82) is 5.26 Å². The van der Waals surface area contributed by atoms with Crippen molar-refractivity contribution in [3.63, 3.8) is 0 Å². The maximum atomic E-state index is 12.3. The molecule has 2 aromatic rings. The van der Waals surface area contributed by atoms with Crippen LogP contribution >= 0.6 is 24.8 Å².